The predicted molar refractivity (Wildman–Crippen MR) is 95.2 cm³/mol. The maximum absolute atomic E-state index is 12.4. The minimum atomic E-state index is -0.102. The Hall–Kier alpha value is -1.28. The highest BCUT2D eigenvalue weighted by atomic mass is 127. The molecule has 4 nitrogen and oxygen atoms in total. The first-order valence-corrected chi connectivity index (χ1v) is 8.84. The summed E-state index contributed by atoms with van der Waals surface area (Å²) in [4.78, 5) is 19.5. The summed E-state index contributed by atoms with van der Waals surface area (Å²) in [5, 5.41) is 2.89. The molecular weight excluding hydrogens is 397 g/mol. The molecule has 0 saturated heterocycles. The molecule has 6 heteroatoms. The van der Waals surface area contributed by atoms with E-state index in [1.165, 1.54) is 14.0 Å². The fourth-order valence-corrected chi connectivity index (χ4v) is 4.01. The van der Waals surface area contributed by atoms with E-state index in [2.05, 4.69) is 51.3 Å². The highest BCUT2D eigenvalue weighted by molar-refractivity contribution is 14.1. The van der Waals surface area contributed by atoms with Gasteiger partial charge in [0.15, 0.2) is 0 Å². The second-order valence-corrected chi connectivity index (χ2v) is 6.70. The Morgan fingerprint density at radius 1 is 1.48 bits per heavy atom. The number of nitrogens with zero attached hydrogens (tertiary/aromatic N) is 2. The van der Waals surface area contributed by atoms with Crippen molar-refractivity contribution in [1.82, 2.24) is 4.98 Å². The SMILES string of the molecule is CSc1cc2c(cc1I)N(C(=O)Nc1cccnc1)CC2. The average molecular weight is 411 g/mol. The van der Waals surface area contributed by atoms with E-state index in [0.717, 1.165) is 18.7 Å². The Kier molecular flexibility index (Phi) is 4.34. The van der Waals surface area contributed by atoms with Crippen molar-refractivity contribution in [2.75, 3.05) is 23.0 Å². The molecule has 1 aliphatic rings. The molecule has 108 valence electrons. The standard InChI is InChI=1S/C15H14IN3OS/c1-21-14-7-10-4-6-19(13(10)8-12(14)16)15(20)18-11-3-2-5-17-9-11/h2-3,5,7-9H,4,6H2,1H3,(H,18,20). The molecule has 0 aliphatic carbocycles. The largest absolute Gasteiger partial charge is 0.326 e. The van der Waals surface area contributed by atoms with E-state index in [9.17, 15) is 4.79 Å². The lowest BCUT2D eigenvalue weighted by atomic mass is 10.2. The van der Waals surface area contributed by atoms with Crippen molar-refractivity contribution in [1.29, 1.82) is 0 Å². The molecule has 1 aromatic carbocycles. The normalized spacial score (nSPS) is 13.1. The van der Waals surface area contributed by atoms with E-state index in [4.69, 9.17) is 0 Å². The number of nitrogens with one attached hydrogen (secondary N) is 1. The number of halogens is 1. The molecule has 3 rings (SSSR count). The number of carbonyl (C=O) groups is 1. The van der Waals surface area contributed by atoms with Gasteiger partial charge < -0.3 is 5.32 Å². The molecule has 0 fully saturated rings. The molecule has 1 aliphatic heterocycles. The van der Waals surface area contributed by atoms with Crippen LogP contribution in [0.3, 0.4) is 0 Å². The Morgan fingerprint density at radius 3 is 3.05 bits per heavy atom. The molecule has 2 aromatic rings. The highest BCUT2D eigenvalue weighted by Gasteiger charge is 2.25. The van der Waals surface area contributed by atoms with Gasteiger partial charge in [-0.2, -0.15) is 0 Å². The summed E-state index contributed by atoms with van der Waals surface area (Å²) in [6.07, 6.45) is 6.31. The first-order chi connectivity index (χ1) is 10.2. The van der Waals surface area contributed by atoms with Crippen molar-refractivity contribution in [2.24, 2.45) is 0 Å². The molecule has 2 amide bonds. The van der Waals surface area contributed by atoms with Crippen molar-refractivity contribution >= 4 is 51.8 Å². The zero-order chi connectivity index (χ0) is 14.8. The number of aromatic nitrogens is 1. The van der Waals surface area contributed by atoms with Crippen molar-refractivity contribution in [3.8, 4) is 0 Å². The molecule has 1 aromatic heterocycles. The topological polar surface area (TPSA) is 45.2 Å². The number of hydrogen-bond donors (Lipinski definition) is 1. The predicted octanol–water partition coefficient (Wildman–Crippen LogP) is 4.00. The zero-order valence-electron chi connectivity index (χ0n) is 11.5. The van der Waals surface area contributed by atoms with E-state index in [0.29, 0.717) is 5.69 Å². The van der Waals surface area contributed by atoms with E-state index < -0.39 is 0 Å². The van der Waals surface area contributed by atoms with Gasteiger partial charge >= 0.3 is 6.03 Å². The monoisotopic (exact) mass is 411 g/mol. The van der Waals surface area contributed by atoms with Crippen molar-refractivity contribution in [3.05, 3.63) is 45.8 Å². The number of urea groups is 1. The fourth-order valence-electron chi connectivity index (χ4n) is 2.38. The Labute approximate surface area is 141 Å². The summed E-state index contributed by atoms with van der Waals surface area (Å²) in [7, 11) is 0. The van der Waals surface area contributed by atoms with Crippen LogP contribution in [0.15, 0.2) is 41.6 Å². The van der Waals surface area contributed by atoms with E-state index in [-0.39, 0.29) is 6.03 Å². The Bertz CT molecular complexity index is 678. The van der Waals surface area contributed by atoms with Crippen molar-refractivity contribution in [2.45, 2.75) is 11.3 Å². The number of carbonyl (C=O) groups excluding carboxylic acids is 1. The number of rotatable bonds is 2. The minimum Gasteiger partial charge on any atom is -0.306 e. The number of anilines is 2. The van der Waals surface area contributed by atoms with Gasteiger partial charge in [-0.15, -0.1) is 11.8 Å². The van der Waals surface area contributed by atoms with Gasteiger partial charge in [0.25, 0.3) is 0 Å². The Balaban J connectivity index is 1.84. The molecule has 0 bridgehead atoms. The van der Waals surface area contributed by atoms with Crippen LogP contribution in [0.2, 0.25) is 0 Å². The van der Waals surface area contributed by atoms with Gasteiger partial charge in [-0.05, 0) is 65.1 Å². The van der Waals surface area contributed by atoms with Gasteiger partial charge in [0.2, 0.25) is 0 Å². The van der Waals surface area contributed by atoms with Crippen LogP contribution >= 0.6 is 34.4 Å². The number of thioether (sulfide) groups is 1. The van der Waals surface area contributed by atoms with Crippen LogP contribution in [0, 0.1) is 3.57 Å². The highest BCUT2D eigenvalue weighted by Crippen LogP contribution is 2.35. The third-order valence-electron chi connectivity index (χ3n) is 3.41. The smallest absolute Gasteiger partial charge is 0.306 e. The maximum Gasteiger partial charge on any atom is 0.326 e. The fraction of sp³-hybridized carbons (Fsp3) is 0.200. The maximum atomic E-state index is 12.4. The third-order valence-corrected chi connectivity index (χ3v) is 5.44. The molecule has 0 atom stereocenters. The molecule has 2 heterocycles. The molecule has 0 spiro atoms. The van der Waals surface area contributed by atoms with Gasteiger partial charge in [-0.3, -0.25) is 9.88 Å². The van der Waals surface area contributed by atoms with Gasteiger partial charge in [0, 0.05) is 26.9 Å². The van der Waals surface area contributed by atoms with Crippen LogP contribution in [0.5, 0.6) is 0 Å². The van der Waals surface area contributed by atoms with Crippen molar-refractivity contribution < 1.29 is 4.79 Å². The molecule has 0 unspecified atom stereocenters. The quantitative estimate of drug-likeness (QED) is 0.600. The van der Waals surface area contributed by atoms with Gasteiger partial charge in [-0.1, -0.05) is 0 Å². The summed E-state index contributed by atoms with van der Waals surface area (Å²) < 4.78 is 1.18. The lowest BCUT2D eigenvalue weighted by molar-refractivity contribution is 0.257. The number of fused-ring (bicyclic) bond motifs is 1. The number of pyridine rings is 1. The van der Waals surface area contributed by atoms with E-state index >= 15 is 0 Å². The van der Waals surface area contributed by atoms with E-state index in [1.807, 2.05) is 6.07 Å². The molecule has 1 N–H and O–H groups in total. The third kappa shape index (κ3) is 3.01. The van der Waals surface area contributed by atoms with Gasteiger partial charge in [0.05, 0.1) is 11.9 Å². The summed E-state index contributed by atoms with van der Waals surface area (Å²) in [5.41, 5.74) is 2.96. The van der Waals surface area contributed by atoms with Gasteiger partial charge in [0.1, 0.15) is 0 Å². The van der Waals surface area contributed by atoms with Gasteiger partial charge in [-0.25, -0.2) is 4.79 Å². The lowest BCUT2D eigenvalue weighted by Crippen LogP contribution is -2.33. The second-order valence-electron chi connectivity index (χ2n) is 4.69. The summed E-state index contributed by atoms with van der Waals surface area (Å²) >= 11 is 4.06. The van der Waals surface area contributed by atoms with Crippen LogP contribution in [0.4, 0.5) is 16.2 Å². The second kappa shape index (κ2) is 6.23. The zero-order valence-corrected chi connectivity index (χ0v) is 14.4. The van der Waals surface area contributed by atoms with Crippen LogP contribution in [0.25, 0.3) is 0 Å². The average Bonchev–Trinajstić information content (AvgIpc) is 2.90. The summed E-state index contributed by atoms with van der Waals surface area (Å²) in [6.45, 7) is 0.718. The molecule has 0 radical (unpaired) electrons. The first kappa shape index (κ1) is 14.6. The van der Waals surface area contributed by atoms with Crippen molar-refractivity contribution in [3.63, 3.8) is 0 Å². The molecule has 0 saturated carbocycles. The number of hydrogen-bond acceptors (Lipinski definition) is 3. The summed E-state index contributed by atoms with van der Waals surface area (Å²) in [5.74, 6) is 0. The first-order valence-electron chi connectivity index (χ1n) is 6.54. The van der Waals surface area contributed by atoms with Crippen LogP contribution < -0.4 is 10.2 Å². The number of benzene rings is 1. The van der Waals surface area contributed by atoms with Crippen LogP contribution in [-0.2, 0) is 6.42 Å². The summed E-state index contributed by atoms with van der Waals surface area (Å²) in [6, 6.07) is 7.83. The molecular formula is C15H14IN3OS. The molecule has 21 heavy (non-hydrogen) atoms. The van der Waals surface area contributed by atoms with Crippen LogP contribution in [-0.4, -0.2) is 23.8 Å². The minimum absolute atomic E-state index is 0.102. The Morgan fingerprint density at radius 2 is 2.33 bits per heavy atom. The van der Waals surface area contributed by atoms with E-state index in [1.54, 1.807) is 35.1 Å². The number of amides is 2. The lowest BCUT2D eigenvalue weighted by Gasteiger charge is -2.18. The van der Waals surface area contributed by atoms with Crippen LogP contribution in [0.1, 0.15) is 5.56 Å².